The predicted octanol–water partition coefficient (Wildman–Crippen LogP) is -6.45. The van der Waals surface area contributed by atoms with Crippen LogP contribution in [0.15, 0.2) is 91.0 Å². The molecule has 0 aliphatic rings. The van der Waals surface area contributed by atoms with E-state index in [9.17, 15) is 0 Å². The molecule has 0 amide bonds. The molecule has 0 fully saturated rings. The van der Waals surface area contributed by atoms with Crippen molar-refractivity contribution in [1.29, 1.82) is 0 Å². The third kappa shape index (κ3) is 27.9. The molecule has 0 unspecified atom stereocenters. The summed E-state index contributed by atoms with van der Waals surface area (Å²) in [6.45, 7) is 0. The first-order valence-electron chi connectivity index (χ1n) is 9.17. The van der Waals surface area contributed by atoms with Crippen molar-refractivity contribution in [3.05, 3.63) is 91.0 Å². The third-order valence-electron chi connectivity index (χ3n) is 3.19. The van der Waals surface area contributed by atoms with E-state index in [1.54, 1.807) is 0 Å². The topological polar surface area (TPSA) is 274 Å². The van der Waals surface area contributed by atoms with Crippen molar-refractivity contribution in [2.24, 2.45) is 0 Å². The van der Waals surface area contributed by atoms with Crippen LogP contribution in [-0.4, -0.2) is 110 Å². The van der Waals surface area contributed by atoms with E-state index in [1.165, 1.54) is 10.7 Å². The van der Waals surface area contributed by atoms with E-state index in [0.29, 0.717) is 0 Å². The van der Waals surface area contributed by atoms with Crippen molar-refractivity contribution in [1.82, 2.24) is 0 Å². The van der Waals surface area contributed by atoms with E-state index in [0.717, 1.165) is 0 Å². The molecule has 0 spiro atoms. The molecule has 3 aromatic rings. The van der Waals surface area contributed by atoms with Gasteiger partial charge >= 0.3 is 149 Å². The van der Waals surface area contributed by atoms with Crippen LogP contribution in [0.4, 0.5) is 0 Å². The van der Waals surface area contributed by atoms with E-state index < -0.39 is 46.9 Å². The van der Waals surface area contributed by atoms with Crippen molar-refractivity contribution < 1.29 is 84.7 Å². The second-order valence-electron chi connectivity index (χ2n) is 6.27. The van der Waals surface area contributed by atoms with Gasteiger partial charge in [0.15, 0.2) is 0 Å². The van der Waals surface area contributed by atoms with Crippen molar-refractivity contribution in [3.8, 4) is 0 Å². The van der Waals surface area contributed by atoms with Gasteiger partial charge in [-0.15, -0.1) is 0 Å². The molecule has 0 aliphatic carbocycles. The summed E-state index contributed by atoms with van der Waals surface area (Å²) >= 11 is -1.98. The van der Waals surface area contributed by atoms with E-state index in [1.807, 2.05) is 0 Å². The van der Waals surface area contributed by atoms with Crippen molar-refractivity contribution in [2.45, 2.75) is 0 Å². The molecular weight excluding hydrogens is 675 g/mol. The fourth-order valence-electron chi connectivity index (χ4n) is 2.31. The van der Waals surface area contributed by atoms with Gasteiger partial charge in [0.25, 0.3) is 0 Å². The van der Waals surface area contributed by atoms with Crippen molar-refractivity contribution >= 4 is 57.6 Å². The van der Waals surface area contributed by atoms with Gasteiger partial charge in [-0.1, -0.05) is 0 Å². The molecular formula is C18H29O13Si3SnTi. The van der Waals surface area contributed by atoms with E-state index >= 15 is 0 Å². The third-order valence-corrected chi connectivity index (χ3v) is 11.0. The first-order chi connectivity index (χ1) is 15.4. The predicted molar refractivity (Wildman–Crippen MR) is 131 cm³/mol. The van der Waals surface area contributed by atoms with Gasteiger partial charge in [0, 0.05) is 21.7 Å². The van der Waals surface area contributed by atoms with Crippen LogP contribution < -0.4 is 10.7 Å². The number of hydrogen-bond acceptors (Lipinski definition) is 12. The number of benzene rings is 3. The van der Waals surface area contributed by atoms with Crippen molar-refractivity contribution in [2.75, 3.05) is 0 Å². The summed E-state index contributed by atoms with van der Waals surface area (Å²) in [5.74, 6) is 0. The molecule has 3 rings (SSSR count). The molecule has 0 saturated carbocycles. The van der Waals surface area contributed by atoms with Crippen LogP contribution in [0.2, 0.25) is 0 Å². The van der Waals surface area contributed by atoms with Gasteiger partial charge in [-0.25, -0.2) is 0 Å². The Hall–Kier alpha value is -0.696. The summed E-state index contributed by atoms with van der Waals surface area (Å²) in [4.78, 5) is 87.9. The van der Waals surface area contributed by atoms with Gasteiger partial charge in [-0.05, 0) is 0 Å². The van der Waals surface area contributed by atoms with E-state index in [4.69, 9.17) is 57.5 Å². The fraction of sp³-hybridized carbons (Fsp3) is 0. The average Bonchev–Trinajstić information content (AvgIpc) is 2.67. The van der Waals surface area contributed by atoms with Crippen LogP contribution >= 0.6 is 0 Å². The Kier molecular flexibility index (Phi) is 21.4. The Labute approximate surface area is 232 Å². The minimum absolute atomic E-state index is 0. The van der Waals surface area contributed by atoms with Crippen LogP contribution in [0.1, 0.15) is 0 Å². The van der Waals surface area contributed by atoms with E-state index in [2.05, 4.69) is 91.0 Å². The van der Waals surface area contributed by atoms with Crippen LogP contribution in [0, 0.1) is 0 Å². The second kappa shape index (κ2) is 19.4. The summed E-state index contributed by atoms with van der Waals surface area (Å²) in [7, 11) is -13.8. The minimum atomic E-state index is -4.61. The van der Waals surface area contributed by atoms with Gasteiger partial charge in [-0.2, -0.15) is 0 Å². The zero-order chi connectivity index (χ0) is 26.4. The molecule has 18 heteroatoms. The Morgan fingerprint density at radius 3 is 0.639 bits per heavy atom. The Balaban J connectivity index is -0.000000535. The molecule has 0 heterocycles. The molecule has 14 N–H and O–H groups in total. The van der Waals surface area contributed by atoms with Gasteiger partial charge in [-0.3, -0.25) is 0 Å². The molecule has 0 atom stereocenters. The van der Waals surface area contributed by atoms with Crippen LogP contribution in [0.3, 0.4) is 0 Å². The Morgan fingerprint density at radius 2 is 0.500 bits per heavy atom. The molecule has 0 aromatic heterocycles. The van der Waals surface area contributed by atoms with Crippen LogP contribution in [0.5, 0.6) is 0 Å². The fourth-order valence-corrected chi connectivity index (χ4v) is 9.67. The van der Waals surface area contributed by atoms with Crippen LogP contribution in [0.25, 0.3) is 0 Å². The van der Waals surface area contributed by atoms with Gasteiger partial charge in [0.05, 0.1) is 0 Å². The molecule has 0 saturated heterocycles. The standard InChI is InChI=1S/3C6H5.3H4O4Si.H2O.Sn.Ti/c3*1-2-4-6-5-3-1;3*1-5(2,3)4;;;/h3*1-5H;3*1-4H;1H2;;. The SMILES string of the molecule is O.O[Si](O)(O)O.O[Si](O)(O)O.O[Si](O)(O)O.[Ti].c1cc[c]([Sn]([c]2ccccc2)[c]2ccccc2)cc1. The molecule has 0 bridgehead atoms. The zero-order valence-corrected chi connectivity index (χ0v) is 25.9. The monoisotopic (exact) mass is 705 g/mol. The summed E-state index contributed by atoms with van der Waals surface area (Å²) in [6.07, 6.45) is 0. The van der Waals surface area contributed by atoms with Crippen molar-refractivity contribution in [3.63, 3.8) is 0 Å². The van der Waals surface area contributed by atoms with Gasteiger partial charge in [0.1, 0.15) is 0 Å². The molecule has 1 radical (unpaired) electrons. The molecule has 0 aliphatic heterocycles. The molecule has 36 heavy (non-hydrogen) atoms. The first-order valence-corrected chi connectivity index (χ1v) is 18.8. The van der Waals surface area contributed by atoms with Crippen LogP contribution in [-0.2, 0) is 21.7 Å². The van der Waals surface area contributed by atoms with Gasteiger partial charge < -0.3 is 63.0 Å². The van der Waals surface area contributed by atoms with E-state index in [-0.39, 0.29) is 27.2 Å². The maximum absolute atomic E-state index is 7.33. The maximum atomic E-state index is 7.33. The summed E-state index contributed by atoms with van der Waals surface area (Å²) in [5, 5.41) is 0. The van der Waals surface area contributed by atoms with Gasteiger partial charge in [0.2, 0.25) is 0 Å². The second-order valence-corrected chi connectivity index (χ2v) is 17.0. The quantitative estimate of drug-likeness (QED) is 0.114. The summed E-state index contributed by atoms with van der Waals surface area (Å²) in [6, 6.07) is 32.9. The molecule has 3 aromatic carbocycles. The number of rotatable bonds is 3. The molecule has 13 nitrogen and oxygen atoms in total. The Bertz CT molecular complexity index is 772. The number of hydrogen-bond donors (Lipinski definition) is 12. The first kappa shape index (κ1) is 39.8. The normalized spacial score (nSPS) is 10.6. The summed E-state index contributed by atoms with van der Waals surface area (Å²) in [5.41, 5.74) is 0. The summed E-state index contributed by atoms with van der Waals surface area (Å²) < 4.78 is 4.59. The Morgan fingerprint density at radius 1 is 0.361 bits per heavy atom. The zero-order valence-electron chi connectivity index (χ0n) is 18.5. The molecule has 199 valence electrons. The average molecular weight is 704 g/mol.